The van der Waals surface area contributed by atoms with Crippen LogP contribution in [0.1, 0.15) is 50.7 Å². The number of rotatable bonds is 6. The number of amides is 1. The van der Waals surface area contributed by atoms with Gasteiger partial charge < -0.3 is 4.90 Å². The van der Waals surface area contributed by atoms with Crippen LogP contribution in [-0.2, 0) is 11.3 Å². The van der Waals surface area contributed by atoms with Crippen LogP contribution in [0.2, 0.25) is 0 Å². The zero-order valence-electron chi connectivity index (χ0n) is 15.1. The number of hydrogen-bond donors (Lipinski definition) is 0. The van der Waals surface area contributed by atoms with Crippen molar-refractivity contribution in [1.82, 2.24) is 9.80 Å². The van der Waals surface area contributed by atoms with E-state index in [0.717, 1.165) is 45.6 Å². The maximum atomic E-state index is 12.5. The number of hydrogen-bond acceptors (Lipinski definition) is 2. The van der Waals surface area contributed by atoms with Gasteiger partial charge in [0.15, 0.2) is 0 Å². The first-order valence-corrected chi connectivity index (χ1v) is 9.14. The van der Waals surface area contributed by atoms with Crippen molar-refractivity contribution in [2.24, 2.45) is 5.92 Å². The Hall–Kier alpha value is -1.35. The van der Waals surface area contributed by atoms with Crippen LogP contribution in [0.3, 0.4) is 0 Å². The van der Waals surface area contributed by atoms with Crippen molar-refractivity contribution in [2.45, 2.75) is 53.0 Å². The van der Waals surface area contributed by atoms with E-state index in [1.807, 2.05) is 0 Å². The van der Waals surface area contributed by atoms with Crippen LogP contribution in [0.5, 0.6) is 0 Å². The van der Waals surface area contributed by atoms with Gasteiger partial charge in [0.1, 0.15) is 0 Å². The van der Waals surface area contributed by atoms with Crippen molar-refractivity contribution in [1.29, 1.82) is 0 Å². The number of carbonyl (C=O) groups excluding carboxylic acids is 1. The molecular formula is C20H32N2O. The zero-order chi connectivity index (χ0) is 16.7. The Balaban J connectivity index is 1.84. The molecule has 0 spiro atoms. The summed E-state index contributed by atoms with van der Waals surface area (Å²) in [7, 11) is 0. The molecule has 1 atom stereocenters. The van der Waals surface area contributed by atoms with E-state index in [1.165, 1.54) is 17.5 Å². The molecule has 0 aliphatic carbocycles. The van der Waals surface area contributed by atoms with E-state index in [0.29, 0.717) is 18.2 Å². The third-order valence-corrected chi connectivity index (χ3v) is 4.90. The van der Waals surface area contributed by atoms with E-state index in [1.54, 1.807) is 0 Å². The smallest absolute Gasteiger partial charge is 0.222 e. The molecule has 1 aromatic rings. The summed E-state index contributed by atoms with van der Waals surface area (Å²) in [5, 5.41) is 0. The Kier molecular flexibility index (Phi) is 7.10. The van der Waals surface area contributed by atoms with Crippen molar-refractivity contribution >= 4 is 5.91 Å². The lowest BCUT2D eigenvalue weighted by Crippen LogP contribution is -2.35. The monoisotopic (exact) mass is 316 g/mol. The van der Waals surface area contributed by atoms with Gasteiger partial charge in [-0.05, 0) is 30.4 Å². The number of carbonyl (C=O) groups is 1. The predicted octanol–water partition coefficient (Wildman–Crippen LogP) is 3.86. The normalized spacial score (nSPS) is 17.8. The van der Waals surface area contributed by atoms with Crippen molar-refractivity contribution in [3.63, 3.8) is 0 Å². The Labute approximate surface area is 141 Å². The molecule has 128 valence electrons. The summed E-state index contributed by atoms with van der Waals surface area (Å²) in [6, 6.07) is 8.61. The number of aryl methyl sites for hydroxylation is 1. The molecule has 1 aliphatic rings. The summed E-state index contributed by atoms with van der Waals surface area (Å²) < 4.78 is 0. The topological polar surface area (TPSA) is 23.6 Å². The van der Waals surface area contributed by atoms with Crippen LogP contribution in [0.15, 0.2) is 24.3 Å². The van der Waals surface area contributed by atoms with Gasteiger partial charge in [-0.2, -0.15) is 0 Å². The molecule has 1 unspecified atom stereocenters. The highest BCUT2D eigenvalue weighted by Gasteiger charge is 2.20. The van der Waals surface area contributed by atoms with Gasteiger partial charge in [-0.1, -0.05) is 51.0 Å². The first-order valence-electron chi connectivity index (χ1n) is 9.14. The van der Waals surface area contributed by atoms with Crippen LogP contribution < -0.4 is 0 Å². The minimum absolute atomic E-state index is 0.351. The first kappa shape index (κ1) is 18.0. The van der Waals surface area contributed by atoms with E-state index in [4.69, 9.17) is 0 Å². The van der Waals surface area contributed by atoms with Crippen LogP contribution in [0.4, 0.5) is 0 Å². The second-order valence-corrected chi connectivity index (χ2v) is 7.03. The molecule has 1 saturated heterocycles. The summed E-state index contributed by atoms with van der Waals surface area (Å²) in [6.45, 7) is 11.4. The summed E-state index contributed by atoms with van der Waals surface area (Å²) in [6.07, 6.45) is 4.11. The van der Waals surface area contributed by atoms with Crippen molar-refractivity contribution in [3.05, 3.63) is 35.4 Å². The van der Waals surface area contributed by atoms with Gasteiger partial charge in [-0.25, -0.2) is 0 Å². The standard InChI is InChI=1S/C20H32N2O/c1-4-8-17(2)15-20(23)22-12-7-11-21(13-14-22)16-19-10-6-5-9-18(19)3/h5-6,9-10,17H,4,7-8,11-16H2,1-3H3. The Bertz CT molecular complexity index is 500. The van der Waals surface area contributed by atoms with Crippen LogP contribution in [-0.4, -0.2) is 41.9 Å². The molecule has 2 rings (SSSR count). The van der Waals surface area contributed by atoms with Gasteiger partial charge >= 0.3 is 0 Å². The quantitative estimate of drug-likeness (QED) is 0.796. The SMILES string of the molecule is CCCC(C)CC(=O)N1CCCN(Cc2ccccc2C)CC1. The summed E-state index contributed by atoms with van der Waals surface area (Å²) in [4.78, 5) is 17.0. The summed E-state index contributed by atoms with van der Waals surface area (Å²) >= 11 is 0. The lowest BCUT2D eigenvalue weighted by Gasteiger charge is -2.23. The van der Waals surface area contributed by atoms with Crippen LogP contribution >= 0.6 is 0 Å². The molecule has 3 nitrogen and oxygen atoms in total. The Morgan fingerprint density at radius 1 is 1.17 bits per heavy atom. The van der Waals surface area contributed by atoms with Crippen LogP contribution in [0.25, 0.3) is 0 Å². The predicted molar refractivity (Wildman–Crippen MR) is 96.3 cm³/mol. The van der Waals surface area contributed by atoms with Crippen molar-refractivity contribution in [2.75, 3.05) is 26.2 Å². The Morgan fingerprint density at radius 3 is 2.70 bits per heavy atom. The lowest BCUT2D eigenvalue weighted by atomic mass is 10.0. The highest BCUT2D eigenvalue weighted by Crippen LogP contribution is 2.15. The van der Waals surface area contributed by atoms with E-state index in [2.05, 4.69) is 54.8 Å². The summed E-state index contributed by atoms with van der Waals surface area (Å²) in [5.74, 6) is 0.863. The molecule has 23 heavy (non-hydrogen) atoms. The highest BCUT2D eigenvalue weighted by atomic mass is 16.2. The Morgan fingerprint density at radius 2 is 1.96 bits per heavy atom. The molecule has 0 bridgehead atoms. The van der Waals surface area contributed by atoms with Crippen LogP contribution in [0, 0.1) is 12.8 Å². The fraction of sp³-hybridized carbons (Fsp3) is 0.650. The highest BCUT2D eigenvalue weighted by molar-refractivity contribution is 5.76. The van der Waals surface area contributed by atoms with Gasteiger partial charge in [0.2, 0.25) is 5.91 Å². The molecule has 0 aromatic heterocycles. The fourth-order valence-corrected chi connectivity index (χ4v) is 3.43. The van der Waals surface area contributed by atoms with Crippen molar-refractivity contribution in [3.8, 4) is 0 Å². The van der Waals surface area contributed by atoms with Gasteiger partial charge in [0.05, 0.1) is 0 Å². The van der Waals surface area contributed by atoms with E-state index < -0.39 is 0 Å². The van der Waals surface area contributed by atoms with E-state index >= 15 is 0 Å². The zero-order valence-corrected chi connectivity index (χ0v) is 15.1. The van der Waals surface area contributed by atoms with Crippen molar-refractivity contribution < 1.29 is 4.79 Å². The minimum Gasteiger partial charge on any atom is -0.341 e. The maximum Gasteiger partial charge on any atom is 0.222 e. The molecule has 0 saturated carbocycles. The minimum atomic E-state index is 0.351. The van der Waals surface area contributed by atoms with Gasteiger partial charge in [0.25, 0.3) is 0 Å². The second-order valence-electron chi connectivity index (χ2n) is 7.03. The maximum absolute atomic E-state index is 12.5. The van der Waals surface area contributed by atoms with E-state index in [9.17, 15) is 4.79 Å². The van der Waals surface area contributed by atoms with Gasteiger partial charge in [0, 0.05) is 39.1 Å². The summed E-state index contributed by atoms with van der Waals surface area (Å²) in [5.41, 5.74) is 2.77. The molecule has 3 heteroatoms. The molecular weight excluding hydrogens is 284 g/mol. The molecule has 1 fully saturated rings. The second kappa shape index (κ2) is 9.07. The molecule has 1 heterocycles. The largest absolute Gasteiger partial charge is 0.341 e. The molecule has 1 amide bonds. The lowest BCUT2D eigenvalue weighted by molar-refractivity contribution is -0.132. The third-order valence-electron chi connectivity index (χ3n) is 4.90. The molecule has 0 radical (unpaired) electrons. The van der Waals surface area contributed by atoms with Gasteiger partial charge in [-0.3, -0.25) is 9.69 Å². The van der Waals surface area contributed by atoms with Gasteiger partial charge in [-0.15, -0.1) is 0 Å². The first-order chi connectivity index (χ1) is 11.1. The fourth-order valence-electron chi connectivity index (χ4n) is 3.43. The molecule has 1 aromatic carbocycles. The molecule has 1 aliphatic heterocycles. The van der Waals surface area contributed by atoms with E-state index in [-0.39, 0.29) is 0 Å². The third kappa shape index (κ3) is 5.65. The number of nitrogens with zero attached hydrogens (tertiary/aromatic N) is 2. The average molecular weight is 316 g/mol. The molecule has 0 N–H and O–H groups in total. The number of benzene rings is 1. The average Bonchev–Trinajstić information content (AvgIpc) is 2.75.